The molecule has 0 aliphatic heterocycles. The molecule has 0 aromatic carbocycles. The van der Waals surface area contributed by atoms with E-state index in [0.717, 1.165) is 0 Å². The normalized spacial score (nSPS) is 15.8. The van der Waals surface area contributed by atoms with Crippen LogP contribution in [0.3, 0.4) is 0 Å². The Bertz CT molecular complexity index is 367. The van der Waals surface area contributed by atoms with Crippen LogP contribution in [0.25, 0.3) is 0 Å². The summed E-state index contributed by atoms with van der Waals surface area (Å²) in [4.78, 5) is 17.7. The molecule has 0 amide bonds. The van der Waals surface area contributed by atoms with Gasteiger partial charge in [-0.2, -0.15) is 0 Å². The van der Waals surface area contributed by atoms with Crippen LogP contribution in [-0.2, 0) is 7.05 Å². The lowest BCUT2D eigenvalue weighted by Gasteiger charge is -2.16. The van der Waals surface area contributed by atoms with Crippen molar-refractivity contribution in [2.75, 3.05) is 11.9 Å². The van der Waals surface area contributed by atoms with Gasteiger partial charge in [0.05, 0.1) is 0 Å². The van der Waals surface area contributed by atoms with E-state index in [-0.39, 0.29) is 5.56 Å². The maximum absolute atomic E-state index is 11.6. The minimum atomic E-state index is -0.0168. The van der Waals surface area contributed by atoms with E-state index in [2.05, 4.69) is 4.98 Å². The highest BCUT2D eigenvalue weighted by Gasteiger charge is 2.28. The average Bonchev–Trinajstić information content (AvgIpc) is 2.91. The first-order valence-corrected chi connectivity index (χ1v) is 4.44. The van der Waals surface area contributed by atoms with Gasteiger partial charge in [0.1, 0.15) is 0 Å². The highest BCUT2D eigenvalue weighted by Crippen LogP contribution is 2.27. The summed E-state index contributed by atoms with van der Waals surface area (Å²) in [6, 6.07) is 0.530. The van der Waals surface area contributed by atoms with Crippen molar-refractivity contribution in [2.24, 2.45) is 7.05 Å². The molecule has 1 fully saturated rings. The molecule has 1 heterocycles. The molecule has 0 spiro atoms. The Balaban J connectivity index is 2.38. The van der Waals surface area contributed by atoms with Gasteiger partial charge in [0.2, 0.25) is 0 Å². The first-order chi connectivity index (χ1) is 6.20. The third kappa shape index (κ3) is 1.43. The van der Waals surface area contributed by atoms with Crippen LogP contribution in [0.15, 0.2) is 17.2 Å². The lowest BCUT2D eigenvalue weighted by Crippen LogP contribution is -2.30. The molecule has 13 heavy (non-hydrogen) atoms. The number of hydrogen-bond donors (Lipinski definition) is 0. The molecule has 4 nitrogen and oxygen atoms in total. The molecule has 2 rings (SSSR count). The third-order valence-corrected chi connectivity index (χ3v) is 2.43. The first kappa shape index (κ1) is 8.29. The molecule has 1 aromatic heterocycles. The fraction of sp³-hybridized carbons (Fsp3) is 0.556. The molecule has 0 bridgehead atoms. The van der Waals surface area contributed by atoms with Gasteiger partial charge in [0, 0.05) is 32.5 Å². The maximum atomic E-state index is 11.6. The van der Waals surface area contributed by atoms with Crippen LogP contribution in [-0.4, -0.2) is 22.6 Å². The lowest BCUT2D eigenvalue weighted by atomic mass is 10.5. The number of aromatic nitrogens is 2. The summed E-state index contributed by atoms with van der Waals surface area (Å²) in [7, 11) is 3.68. The van der Waals surface area contributed by atoms with Crippen LogP contribution in [0.5, 0.6) is 0 Å². The topological polar surface area (TPSA) is 38.1 Å². The third-order valence-electron chi connectivity index (χ3n) is 2.43. The van der Waals surface area contributed by atoms with Crippen LogP contribution in [0, 0.1) is 0 Å². The summed E-state index contributed by atoms with van der Waals surface area (Å²) in [6.45, 7) is 0. The molecule has 1 saturated carbocycles. The maximum Gasteiger partial charge on any atom is 0.293 e. The second-order valence-electron chi connectivity index (χ2n) is 3.51. The molecule has 0 atom stereocenters. The van der Waals surface area contributed by atoms with Crippen molar-refractivity contribution in [3.8, 4) is 0 Å². The number of anilines is 1. The van der Waals surface area contributed by atoms with Gasteiger partial charge in [-0.15, -0.1) is 0 Å². The standard InChI is InChI=1S/C9H13N3O/c1-11-6-5-10-8(9(11)13)12(2)7-3-4-7/h5-7H,3-4H2,1-2H3. The van der Waals surface area contributed by atoms with Crippen molar-refractivity contribution < 1.29 is 0 Å². The quantitative estimate of drug-likeness (QED) is 0.658. The number of rotatable bonds is 2. The molecule has 1 aliphatic rings. The Morgan fingerprint density at radius 3 is 2.92 bits per heavy atom. The minimum Gasteiger partial charge on any atom is -0.352 e. The fourth-order valence-electron chi connectivity index (χ4n) is 1.36. The van der Waals surface area contributed by atoms with E-state index in [4.69, 9.17) is 0 Å². The number of nitrogens with zero attached hydrogens (tertiary/aromatic N) is 3. The van der Waals surface area contributed by atoms with Crippen LogP contribution < -0.4 is 10.5 Å². The van der Waals surface area contributed by atoms with Gasteiger partial charge in [-0.3, -0.25) is 4.79 Å². The fourth-order valence-corrected chi connectivity index (χ4v) is 1.36. The van der Waals surface area contributed by atoms with E-state index in [0.29, 0.717) is 11.9 Å². The first-order valence-electron chi connectivity index (χ1n) is 4.44. The predicted octanol–water partition coefficient (Wildman–Crippen LogP) is 0.379. The molecule has 0 unspecified atom stereocenters. The zero-order valence-corrected chi connectivity index (χ0v) is 7.90. The Hall–Kier alpha value is -1.32. The van der Waals surface area contributed by atoms with Gasteiger partial charge in [-0.25, -0.2) is 4.98 Å². The van der Waals surface area contributed by atoms with E-state index in [1.807, 2.05) is 11.9 Å². The van der Waals surface area contributed by atoms with Crippen molar-refractivity contribution in [3.63, 3.8) is 0 Å². The zero-order chi connectivity index (χ0) is 9.42. The molecule has 1 aromatic rings. The summed E-state index contributed by atoms with van der Waals surface area (Å²) in [5, 5.41) is 0. The summed E-state index contributed by atoms with van der Waals surface area (Å²) in [5.41, 5.74) is -0.0168. The highest BCUT2D eigenvalue weighted by atomic mass is 16.1. The number of aryl methyl sites for hydroxylation is 1. The summed E-state index contributed by atoms with van der Waals surface area (Å²) >= 11 is 0. The molecular weight excluding hydrogens is 166 g/mol. The van der Waals surface area contributed by atoms with Crippen LogP contribution in [0.4, 0.5) is 5.82 Å². The van der Waals surface area contributed by atoms with Gasteiger partial charge in [0.25, 0.3) is 5.56 Å². The van der Waals surface area contributed by atoms with Gasteiger partial charge in [-0.05, 0) is 12.8 Å². The smallest absolute Gasteiger partial charge is 0.293 e. The molecule has 4 heteroatoms. The van der Waals surface area contributed by atoms with Crippen LogP contribution in [0.2, 0.25) is 0 Å². The summed E-state index contributed by atoms with van der Waals surface area (Å²) < 4.78 is 1.56. The second-order valence-corrected chi connectivity index (χ2v) is 3.51. The van der Waals surface area contributed by atoms with E-state index in [1.165, 1.54) is 12.8 Å². The Labute approximate surface area is 76.8 Å². The molecule has 70 valence electrons. The van der Waals surface area contributed by atoms with Gasteiger partial charge in [0.15, 0.2) is 5.82 Å². The summed E-state index contributed by atoms with van der Waals surface area (Å²) in [6.07, 6.45) is 5.69. The highest BCUT2D eigenvalue weighted by molar-refractivity contribution is 5.37. The molecular formula is C9H13N3O. The van der Waals surface area contributed by atoms with Crippen molar-refractivity contribution in [3.05, 3.63) is 22.7 Å². The van der Waals surface area contributed by atoms with E-state index in [9.17, 15) is 4.79 Å². The second kappa shape index (κ2) is 2.87. The van der Waals surface area contributed by atoms with E-state index >= 15 is 0 Å². The minimum absolute atomic E-state index is 0.0168. The molecule has 0 N–H and O–H groups in total. The Morgan fingerprint density at radius 2 is 2.31 bits per heavy atom. The van der Waals surface area contributed by atoms with Crippen molar-refractivity contribution in [1.29, 1.82) is 0 Å². The molecule has 1 aliphatic carbocycles. The molecule has 0 saturated heterocycles. The predicted molar refractivity (Wildman–Crippen MR) is 50.9 cm³/mol. The average molecular weight is 179 g/mol. The Morgan fingerprint density at radius 1 is 1.62 bits per heavy atom. The summed E-state index contributed by atoms with van der Waals surface area (Å²) in [5.74, 6) is 0.563. The molecule has 0 radical (unpaired) electrons. The Kier molecular flexibility index (Phi) is 1.83. The zero-order valence-electron chi connectivity index (χ0n) is 7.90. The van der Waals surface area contributed by atoms with E-state index in [1.54, 1.807) is 24.0 Å². The lowest BCUT2D eigenvalue weighted by molar-refractivity contribution is 0.800. The van der Waals surface area contributed by atoms with Gasteiger partial charge < -0.3 is 9.47 Å². The van der Waals surface area contributed by atoms with Crippen molar-refractivity contribution in [2.45, 2.75) is 18.9 Å². The monoisotopic (exact) mass is 179 g/mol. The van der Waals surface area contributed by atoms with Crippen LogP contribution >= 0.6 is 0 Å². The van der Waals surface area contributed by atoms with Crippen molar-refractivity contribution >= 4 is 5.82 Å². The van der Waals surface area contributed by atoms with Gasteiger partial charge in [-0.1, -0.05) is 0 Å². The SMILES string of the molecule is CN(c1nccn(C)c1=O)C1CC1. The largest absolute Gasteiger partial charge is 0.352 e. The van der Waals surface area contributed by atoms with Crippen molar-refractivity contribution in [1.82, 2.24) is 9.55 Å². The van der Waals surface area contributed by atoms with Gasteiger partial charge >= 0.3 is 0 Å². The van der Waals surface area contributed by atoms with E-state index < -0.39 is 0 Å². The van der Waals surface area contributed by atoms with Crippen LogP contribution in [0.1, 0.15) is 12.8 Å². The number of hydrogen-bond acceptors (Lipinski definition) is 3.